The van der Waals surface area contributed by atoms with Crippen LogP contribution >= 0.6 is 7.14 Å². The summed E-state index contributed by atoms with van der Waals surface area (Å²) in [6, 6.07) is 9.31. The van der Waals surface area contributed by atoms with E-state index in [1.165, 1.54) is 0 Å². The van der Waals surface area contributed by atoms with Gasteiger partial charge in [-0.05, 0) is 32.4 Å². The van der Waals surface area contributed by atoms with Crippen LogP contribution in [-0.2, 0) is 4.57 Å². The Labute approximate surface area is 91.0 Å². The Morgan fingerprint density at radius 3 is 2.27 bits per heavy atom. The van der Waals surface area contributed by atoms with Crippen LogP contribution in [0.3, 0.4) is 0 Å². The van der Waals surface area contributed by atoms with Gasteiger partial charge in [-0.15, -0.1) is 0 Å². The summed E-state index contributed by atoms with van der Waals surface area (Å²) >= 11 is 0. The lowest BCUT2D eigenvalue weighted by Gasteiger charge is -2.13. The standard InChI is InChI=1S/C12H17O2P/c1-12(2,13)9-10-15(3,14)11-7-5-4-6-8-11/h4-10,13H,1-3H3/b10-9-. The molecular weight excluding hydrogens is 207 g/mol. The molecule has 0 aliphatic heterocycles. The Hall–Kier alpha value is -0.850. The van der Waals surface area contributed by atoms with E-state index in [9.17, 15) is 9.67 Å². The lowest BCUT2D eigenvalue weighted by atomic mass is 10.1. The van der Waals surface area contributed by atoms with Crippen molar-refractivity contribution >= 4 is 12.4 Å². The van der Waals surface area contributed by atoms with E-state index in [-0.39, 0.29) is 0 Å². The van der Waals surface area contributed by atoms with Gasteiger partial charge < -0.3 is 9.67 Å². The SMILES string of the molecule is CC(C)(O)/C=C\P(C)(=O)c1ccccc1. The van der Waals surface area contributed by atoms with E-state index in [1.807, 2.05) is 30.3 Å². The first kappa shape index (κ1) is 12.2. The fraction of sp³-hybridized carbons (Fsp3) is 0.333. The molecule has 0 bridgehead atoms. The Morgan fingerprint density at radius 2 is 1.80 bits per heavy atom. The molecule has 0 aliphatic rings. The molecule has 0 amide bonds. The predicted octanol–water partition coefficient (Wildman–Crippen LogP) is 2.59. The predicted molar refractivity (Wildman–Crippen MR) is 65.0 cm³/mol. The number of hydrogen-bond donors (Lipinski definition) is 1. The van der Waals surface area contributed by atoms with Gasteiger partial charge in [-0.2, -0.15) is 0 Å². The van der Waals surface area contributed by atoms with Crippen molar-refractivity contribution in [1.29, 1.82) is 0 Å². The molecular formula is C12H17O2P. The molecule has 0 heterocycles. The average Bonchev–Trinajstić information content (AvgIpc) is 2.16. The molecule has 0 radical (unpaired) electrons. The molecule has 1 unspecified atom stereocenters. The molecule has 1 aromatic rings. The van der Waals surface area contributed by atoms with E-state index in [0.29, 0.717) is 0 Å². The van der Waals surface area contributed by atoms with Crippen LogP contribution in [0.15, 0.2) is 42.2 Å². The molecule has 0 saturated heterocycles. The summed E-state index contributed by atoms with van der Waals surface area (Å²) in [4.78, 5) is 0. The molecule has 0 spiro atoms. The second-order valence-corrected chi connectivity index (χ2v) is 7.09. The zero-order valence-corrected chi connectivity index (χ0v) is 10.2. The summed E-state index contributed by atoms with van der Waals surface area (Å²) in [6.07, 6.45) is 1.58. The van der Waals surface area contributed by atoms with Crippen LogP contribution in [0.2, 0.25) is 0 Å². The minimum Gasteiger partial charge on any atom is -0.386 e. The monoisotopic (exact) mass is 224 g/mol. The minimum atomic E-state index is -2.48. The van der Waals surface area contributed by atoms with Crippen molar-refractivity contribution in [2.75, 3.05) is 6.66 Å². The lowest BCUT2D eigenvalue weighted by molar-refractivity contribution is 0.133. The van der Waals surface area contributed by atoms with Gasteiger partial charge >= 0.3 is 0 Å². The minimum absolute atomic E-state index is 0.811. The van der Waals surface area contributed by atoms with Crippen molar-refractivity contribution in [2.24, 2.45) is 0 Å². The molecule has 82 valence electrons. The van der Waals surface area contributed by atoms with E-state index >= 15 is 0 Å². The third-order valence-electron chi connectivity index (χ3n) is 2.04. The summed E-state index contributed by atoms with van der Waals surface area (Å²) in [6.45, 7) is 5.02. The highest BCUT2D eigenvalue weighted by molar-refractivity contribution is 7.73. The highest BCUT2D eigenvalue weighted by atomic mass is 31.2. The van der Waals surface area contributed by atoms with Crippen molar-refractivity contribution in [3.05, 3.63) is 42.2 Å². The van der Waals surface area contributed by atoms with Crippen LogP contribution < -0.4 is 5.30 Å². The van der Waals surface area contributed by atoms with Crippen LogP contribution in [0, 0.1) is 0 Å². The maximum atomic E-state index is 12.3. The molecule has 1 aromatic carbocycles. The van der Waals surface area contributed by atoms with E-state index in [1.54, 1.807) is 32.4 Å². The van der Waals surface area contributed by atoms with Gasteiger partial charge in [-0.3, -0.25) is 0 Å². The normalized spacial score (nSPS) is 16.5. The quantitative estimate of drug-likeness (QED) is 0.801. The average molecular weight is 224 g/mol. The van der Waals surface area contributed by atoms with Crippen LogP contribution in [0.25, 0.3) is 0 Å². The number of benzene rings is 1. The second-order valence-electron chi connectivity index (χ2n) is 4.30. The highest BCUT2D eigenvalue weighted by Gasteiger charge is 2.16. The van der Waals surface area contributed by atoms with Crippen molar-refractivity contribution in [3.63, 3.8) is 0 Å². The fourth-order valence-corrected chi connectivity index (χ4v) is 2.72. The van der Waals surface area contributed by atoms with Crippen LogP contribution in [0.5, 0.6) is 0 Å². The summed E-state index contributed by atoms with van der Waals surface area (Å²) in [5, 5.41) is 10.3. The Bertz CT molecular complexity index is 388. The van der Waals surface area contributed by atoms with Gasteiger partial charge in [0, 0.05) is 5.30 Å². The van der Waals surface area contributed by atoms with Crippen molar-refractivity contribution in [3.8, 4) is 0 Å². The summed E-state index contributed by atoms with van der Waals surface area (Å²) < 4.78 is 12.3. The summed E-state index contributed by atoms with van der Waals surface area (Å²) in [5.74, 6) is 1.61. The van der Waals surface area contributed by atoms with E-state index in [0.717, 1.165) is 5.30 Å². The van der Waals surface area contributed by atoms with Gasteiger partial charge in [0.1, 0.15) is 7.14 Å². The van der Waals surface area contributed by atoms with Crippen LogP contribution in [0.1, 0.15) is 13.8 Å². The van der Waals surface area contributed by atoms with E-state index in [4.69, 9.17) is 0 Å². The molecule has 1 rings (SSSR count). The largest absolute Gasteiger partial charge is 0.386 e. The molecule has 3 heteroatoms. The molecule has 0 aliphatic carbocycles. The van der Waals surface area contributed by atoms with E-state index in [2.05, 4.69) is 0 Å². The molecule has 0 fully saturated rings. The molecule has 2 nitrogen and oxygen atoms in total. The smallest absolute Gasteiger partial charge is 0.133 e. The number of rotatable bonds is 3. The third kappa shape index (κ3) is 4.03. The van der Waals surface area contributed by atoms with Crippen LogP contribution in [0.4, 0.5) is 0 Å². The van der Waals surface area contributed by atoms with Crippen molar-refractivity contribution < 1.29 is 9.67 Å². The van der Waals surface area contributed by atoms with Gasteiger partial charge in [0.2, 0.25) is 0 Å². The molecule has 1 atom stereocenters. The first-order valence-electron chi connectivity index (χ1n) is 4.87. The number of hydrogen-bond acceptors (Lipinski definition) is 2. The van der Waals surface area contributed by atoms with Gasteiger partial charge in [0.15, 0.2) is 0 Å². The molecule has 15 heavy (non-hydrogen) atoms. The Kier molecular flexibility index (Phi) is 3.54. The fourth-order valence-electron chi connectivity index (χ4n) is 1.13. The van der Waals surface area contributed by atoms with Gasteiger partial charge in [-0.25, -0.2) is 0 Å². The van der Waals surface area contributed by atoms with Gasteiger partial charge in [0.05, 0.1) is 5.60 Å². The van der Waals surface area contributed by atoms with Crippen molar-refractivity contribution in [2.45, 2.75) is 19.4 Å². The zero-order chi connectivity index (χ0) is 11.5. The molecule has 1 N–H and O–H groups in total. The van der Waals surface area contributed by atoms with Crippen LogP contribution in [-0.4, -0.2) is 17.4 Å². The lowest BCUT2D eigenvalue weighted by Crippen LogP contribution is -2.14. The first-order chi connectivity index (χ1) is 6.81. The maximum Gasteiger partial charge on any atom is 0.133 e. The molecule has 0 saturated carbocycles. The van der Waals surface area contributed by atoms with Gasteiger partial charge in [0.25, 0.3) is 0 Å². The zero-order valence-electron chi connectivity index (χ0n) is 9.34. The van der Waals surface area contributed by atoms with E-state index < -0.39 is 12.7 Å². The Balaban J connectivity index is 2.95. The second kappa shape index (κ2) is 4.34. The maximum absolute atomic E-state index is 12.3. The first-order valence-corrected chi connectivity index (χ1v) is 7.09. The third-order valence-corrected chi connectivity index (χ3v) is 4.08. The summed E-state index contributed by atoms with van der Waals surface area (Å²) in [5.41, 5.74) is -0.916. The topological polar surface area (TPSA) is 37.3 Å². The highest BCUT2D eigenvalue weighted by Crippen LogP contribution is 2.41. The summed E-state index contributed by atoms with van der Waals surface area (Å²) in [7, 11) is -2.48. The van der Waals surface area contributed by atoms with Gasteiger partial charge in [-0.1, -0.05) is 30.3 Å². The Morgan fingerprint density at radius 1 is 1.27 bits per heavy atom. The molecule has 0 aromatic heterocycles. The van der Waals surface area contributed by atoms with Crippen molar-refractivity contribution in [1.82, 2.24) is 0 Å². The number of aliphatic hydroxyl groups is 1.